The molecule has 0 aromatic carbocycles. The van der Waals surface area contributed by atoms with Crippen molar-refractivity contribution in [1.82, 2.24) is 0 Å². The van der Waals surface area contributed by atoms with E-state index < -0.39 is 0 Å². The summed E-state index contributed by atoms with van der Waals surface area (Å²) in [5.74, 6) is 0. The third kappa shape index (κ3) is 20.3. The van der Waals surface area contributed by atoms with Crippen LogP contribution in [0.3, 0.4) is 0 Å². The van der Waals surface area contributed by atoms with Gasteiger partial charge in [0.15, 0.2) is 6.19 Å². The first-order chi connectivity index (χ1) is 1.41. The summed E-state index contributed by atoms with van der Waals surface area (Å²) in [5, 5.41) is 7.10. The van der Waals surface area contributed by atoms with E-state index in [0.29, 0.717) is 0 Å². The Hall–Kier alpha value is 0.550. The van der Waals surface area contributed by atoms with Gasteiger partial charge in [0, 0.05) is 37.7 Å². The molecule has 0 aromatic rings. The third-order valence-electron chi connectivity index (χ3n) is 0. The van der Waals surface area contributed by atoms with Crippen molar-refractivity contribution in [3.63, 3.8) is 0 Å². The molecule has 0 unspecified atom stereocenters. The van der Waals surface area contributed by atoms with Crippen molar-refractivity contribution in [2.24, 2.45) is 5.73 Å². The van der Waals surface area contributed by atoms with Crippen molar-refractivity contribution in [1.29, 1.82) is 5.26 Å². The number of nitriles is 1. The first-order valence-corrected chi connectivity index (χ1v) is 0.512. The Morgan fingerprint density at radius 3 is 1.75 bits per heavy atom. The summed E-state index contributed by atoms with van der Waals surface area (Å²) >= 11 is 0. The second-order valence-electron chi connectivity index (χ2n) is 0.129. The molecule has 2 nitrogen and oxygen atoms in total. The van der Waals surface area contributed by atoms with Crippen LogP contribution in [-0.4, -0.2) is 37.7 Å². The van der Waals surface area contributed by atoms with Gasteiger partial charge in [-0.2, -0.15) is 5.26 Å². The van der Waals surface area contributed by atoms with Gasteiger partial charge in [-0.05, 0) is 0 Å². The fourth-order valence-corrected chi connectivity index (χ4v) is 0. The van der Waals surface area contributed by atoms with Crippen LogP contribution in [0.15, 0.2) is 0 Å². The van der Waals surface area contributed by atoms with E-state index >= 15 is 0 Å². The molecule has 2 radical (unpaired) electrons. The van der Waals surface area contributed by atoms with Gasteiger partial charge in [0.2, 0.25) is 0 Å². The van der Waals surface area contributed by atoms with E-state index in [2.05, 4.69) is 5.73 Å². The largest absolute Gasteiger partial charge is 0.337 e. The quantitative estimate of drug-likeness (QED) is 0.232. The van der Waals surface area contributed by atoms with Crippen LogP contribution in [0.1, 0.15) is 0 Å². The van der Waals surface area contributed by atoms with E-state index in [-0.39, 0.29) is 37.7 Å². The summed E-state index contributed by atoms with van der Waals surface area (Å²) in [6.07, 6.45) is 1.25. The molecule has 0 saturated heterocycles. The molecule has 0 spiro atoms. The van der Waals surface area contributed by atoms with Crippen LogP contribution >= 0.6 is 0 Å². The maximum absolute atomic E-state index is 7.10. The van der Waals surface area contributed by atoms with Crippen molar-refractivity contribution in [3.05, 3.63) is 0 Å². The molecule has 18 valence electrons. The van der Waals surface area contributed by atoms with Crippen molar-refractivity contribution in [2.45, 2.75) is 0 Å². The van der Waals surface area contributed by atoms with Crippen LogP contribution < -0.4 is 5.73 Å². The Kier molecular flexibility index (Phi) is 21.2. The van der Waals surface area contributed by atoms with Gasteiger partial charge < -0.3 is 5.73 Å². The van der Waals surface area contributed by atoms with E-state index in [9.17, 15) is 0 Å². The van der Waals surface area contributed by atoms with E-state index in [0.717, 1.165) is 0 Å². The molecule has 0 bridgehead atoms. The minimum atomic E-state index is 0. The minimum absolute atomic E-state index is 0. The molecular formula is CH2CaN2. The first kappa shape index (κ1) is 8.82. The van der Waals surface area contributed by atoms with Gasteiger partial charge in [-0.25, -0.2) is 0 Å². The summed E-state index contributed by atoms with van der Waals surface area (Å²) in [7, 11) is 0. The van der Waals surface area contributed by atoms with E-state index in [1.54, 1.807) is 0 Å². The Morgan fingerprint density at radius 1 is 1.75 bits per heavy atom. The van der Waals surface area contributed by atoms with Crippen LogP contribution in [0.2, 0.25) is 0 Å². The van der Waals surface area contributed by atoms with E-state index in [1.807, 2.05) is 0 Å². The van der Waals surface area contributed by atoms with Gasteiger partial charge in [-0.1, -0.05) is 0 Å². The van der Waals surface area contributed by atoms with Gasteiger partial charge in [-0.3, -0.25) is 0 Å². The van der Waals surface area contributed by atoms with Crippen molar-refractivity contribution >= 4 is 37.7 Å². The maximum Gasteiger partial charge on any atom is 0.173 e. The average molecular weight is 82.1 g/mol. The van der Waals surface area contributed by atoms with Crippen LogP contribution in [0, 0.1) is 11.5 Å². The predicted octanol–water partition coefficient (Wildman–Crippen LogP) is -0.955. The summed E-state index contributed by atoms with van der Waals surface area (Å²) in [4.78, 5) is 0. The second kappa shape index (κ2) is 9.61. The molecule has 0 atom stereocenters. The predicted molar refractivity (Wildman–Crippen MR) is 15.6 cm³/mol. The Labute approximate surface area is 54.6 Å². The topological polar surface area (TPSA) is 49.8 Å². The zero-order chi connectivity index (χ0) is 2.71. The van der Waals surface area contributed by atoms with Gasteiger partial charge in [0.1, 0.15) is 0 Å². The Bertz CT molecular complexity index is 27.5. The van der Waals surface area contributed by atoms with Crippen molar-refractivity contribution in [2.75, 3.05) is 0 Å². The zero-order valence-electron chi connectivity index (χ0n) is 2.23. The van der Waals surface area contributed by atoms with Crippen LogP contribution in [0.5, 0.6) is 0 Å². The molecule has 0 rings (SSSR count). The van der Waals surface area contributed by atoms with E-state index in [1.165, 1.54) is 6.19 Å². The molecule has 2 N–H and O–H groups in total. The van der Waals surface area contributed by atoms with Gasteiger partial charge >= 0.3 is 0 Å². The van der Waals surface area contributed by atoms with Crippen LogP contribution in [-0.2, 0) is 0 Å². The number of nitrogens with two attached hydrogens (primary N) is 1. The zero-order valence-corrected chi connectivity index (χ0v) is 4.44. The van der Waals surface area contributed by atoms with Crippen LogP contribution in [0.4, 0.5) is 0 Å². The first-order valence-electron chi connectivity index (χ1n) is 0.512. The molecule has 0 amide bonds. The SMILES string of the molecule is N#CN.[Ca]. The van der Waals surface area contributed by atoms with Crippen molar-refractivity contribution in [3.8, 4) is 6.19 Å². The fourth-order valence-electron chi connectivity index (χ4n) is 0. The standard InChI is InChI=1S/CH2N2.Ca/c2-1-3;/h2H2;. The molecule has 0 fully saturated rings. The van der Waals surface area contributed by atoms with E-state index in [4.69, 9.17) is 5.26 Å². The van der Waals surface area contributed by atoms with Crippen LogP contribution in [0.25, 0.3) is 0 Å². The maximum atomic E-state index is 7.10. The number of hydrogen-bond donors (Lipinski definition) is 1. The molecule has 0 aliphatic rings. The summed E-state index contributed by atoms with van der Waals surface area (Å²) in [6, 6.07) is 0. The smallest absolute Gasteiger partial charge is 0.173 e. The number of hydrogen-bond acceptors (Lipinski definition) is 2. The Morgan fingerprint density at radius 2 is 1.75 bits per heavy atom. The molecule has 0 heterocycles. The molecule has 0 aliphatic carbocycles. The summed E-state index contributed by atoms with van der Waals surface area (Å²) in [5.41, 5.74) is 4.15. The number of nitrogens with zero attached hydrogens (tertiary/aromatic N) is 1. The fraction of sp³-hybridized carbons (Fsp3) is 0. The Balaban J connectivity index is 0. The second-order valence-corrected chi connectivity index (χ2v) is 0.129. The molecule has 0 aromatic heterocycles. The normalized spacial score (nSPS) is 1.75. The summed E-state index contributed by atoms with van der Waals surface area (Å²) < 4.78 is 0. The van der Waals surface area contributed by atoms with Gasteiger partial charge in [0.25, 0.3) is 0 Å². The third-order valence-corrected chi connectivity index (χ3v) is 0. The molecule has 4 heavy (non-hydrogen) atoms. The molecule has 0 saturated carbocycles. The average Bonchev–Trinajstić information content (AvgIpc) is 0.918. The monoisotopic (exact) mass is 82.0 g/mol. The van der Waals surface area contributed by atoms with Gasteiger partial charge in [0.05, 0.1) is 0 Å². The summed E-state index contributed by atoms with van der Waals surface area (Å²) in [6.45, 7) is 0. The molecule has 3 heteroatoms. The van der Waals surface area contributed by atoms with Gasteiger partial charge in [-0.15, -0.1) is 0 Å². The molecule has 0 aliphatic heterocycles. The molecular weight excluding hydrogens is 80.1 g/mol. The number of rotatable bonds is 0. The van der Waals surface area contributed by atoms with Crippen molar-refractivity contribution < 1.29 is 0 Å². The minimum Gasteiger partial charge on any atom is -0.337 e.